The van der Waals surface area contributed by atoms with E-state index in [4.69, 9.17) is 53.2 Å². The normalized spacial score (nSPS) is 29.3. The highest BCUT2D eigenvalue weighted by Crippen LogP contribution is 2.68. The molecule has 5 aromatic rings. The van der Waals surface area contributed by atoms with Crippen molar-refractivity contribution >= 4 is 71.5 Å². The van der Waals surface area contributed by atoms with E-state index in [0.717, 1.165) is 36.6 Å². The van der Waals surface area contributed by atoms with Gasteiger partial charge in [-0.2, -0.15) is 8.62 Å². The number of ether oxygens (including phenoxy) is 5. The number of carbonyl (C=O) groups excluding carboxylic acids is 1. The predicted octanol–water partition coefficient (Wildman–Crippen LogP) is -3.48. The van der Waals surface area contributed by atoms with Crippen LogP contribution in [0.3, 0.4) is 0 Å². The Labute approximate surface area is 440 Å². The van der Waals surface area contributed by atoms with Crippen LogP contribution < -0.4 is 38.2 Å². The average molecular weight is 1210 g/mol. The SMILES string of the molecule is CCCNC(=O)OC[C@H]1[C@@H](O)[C@H]([n+]2cn(C)c3c(=O)[nH]c(N)nc32)O[C@@H]1COP(=O)(O)OP(=O)(O)OP(=O)(O)OC[C@H]1O[C@@H](n2cnc3c(N)ncnc32)[C@H](OC)[C@@H]1OP(=O)(O)OC[C@H]1O[C@@H](n2ccc(=O)[nH]c2=O)[C@H](O)[C@@H]1O. The van der Waals surface area contributed by atoms with Crippen molar-refractivity contribution in [1.29, 1.82) is 0 Å². The Balaban J connectivity index is 0.948. The summed E-state index contributed by atoms with van der Waals surface area (Å²) in [6.45, 7) is -2.07. The lowest BCUT2D eigenvalue weighted by Gasteiger charge is -2.26. The van der Waals surface area contributed by atoms with Crippen LogP contribution in [0.15, 0.2) is 45.6 Å². The number of H-pyrrole nitrogens is 2. The molecule has 8 rings (SSSR count). The van der Waals surface area contributed by atoms with E-state index < -0.39 is 154 Å². The molecule has 3 aliphatic rings. The number of aryl methyl sites for hydroxylation is 1. The number of aromatic amines is 2. The number of nitrogens with zero attached hydrogens (tertiary/aromatic N) is 8. The van der Waals surface area contributed by atoms with E-state index in [0.29, 0.717) is 6.42 Å². The van der Waals surface area contributed by atoms with Crippen molar-refractivity contribution < 1.29 is 113 Å². The molecular weight excluding hydrogens is 1150 g/mol. The summed E-state index contributed by atoms with van der Waals surface area (Å²) in [5, 5.41) is 35.2. The largest absolute Gasteiger partial charge is 0.490 e. The number of hydrogen-bond acceptors (Lipinski definition) is 28. The number of alkyl carbamates (subject to hydrolysis) is 1. The minimum Gasteiger partial charge on any atom is -0.449 e. The molecule has 14 N–H and O–H groups in total. The van der Waals surface area contributed by atoms with Crippen molar-refractivity contribution in [2.45, 2.75) is 80.9 Å². The summed E-state index contributed by atoms with van der Waals surface area (Å²) >= 11 is 0. The van der Waals surface area contributed by atoms with Gasteiger partial charge in [0.05, 0.1) is 45.2 Å². The van der Waals surface area contributed by atoms with Gasteiger partial charge in [-0.15, -0.1) is 0 Å². The zero-order valence-electron chi connectivity index (χ0n) is 41.0. The molecule has 436 valence electrons. The summed E-state index contributed by atoms with van der Waals surface area (Å²) < 4.78 is 115. The van der Waals surface area contributed by atoms with Crippen LogP contribution in [0.1, 0.15) is 32.0 Å². The van der Waals surface area contributed by atoms with E-state index in [-0.39, 0.29) is 40.6 Å². The zero-order valence-corrected chi connectivity index (χ0v) is 44.5. The number of fused-ring (bicyclic) bond motifs is 2. The number of nitrogens with two attached hydrogens (primary N) is 2. The summed E-state index contributed by atoms with van der Waals surface area (Å²) in [4.78, 5) is 112. The van der Waals surface area contributed by atoms with Crippen molar-refractivity contribution in [2.24, 2.45) is 13.0 Å². The minimum absolute atomic E-state index is 0.00544. The van der Waals surface area contributed by atoms with Gasteiger partial charge < -0.3 is 75.4 Å². The Morgan fingerprint density at radius 2 is 1.47 bits per heavy atom. The fraction of sp³-hybridized carbons (Fsp3) is 0.583. The number of hydrogen-bond donors (Lipinski definition) is 12. The van der Waals surface area contributed by atoms with Crippen LogP contribution in [0.2, 0.25) is 0 Å². The van der Waals surface area contributed by atoms with Gasteiger partial charge in [-0.05, 0) is 6.42 Å². The Hall–Kier alpha value is -5.31. The van der Waals surface area contributed by atoms with E-state index in [1.54, 1.807) is 6.92 Å². The van der Waals surface area contributed by atoms with Crippen LogP contribution in [0.25, 0.3) is 22.3 Å². The molecule has 8 heterocycles. The first-order valence-electron chi connectivity index (χ1n) is 22.9. The van der Waals surface area contributed by atoms with Crippen LogP contribution in [0.4, 0.5) is 16.6 Å². The number of aliphatic hydroxyl groups is 3. The highest BCUT2D eigenvalue weighted by atomic mass is 31.3. The number of imidazole rings is 2. The topological polar surface area (TPSA) is 546 Å². The quantitative estimate of drug-likeness (QED) is 0.0223. The average Bonchev–Trinajstić information content (AvgIpc) is 4.38. The Bertz CT molecular complexity index is 3430. The van der Waals surface area contributed by atoms with E-state index in [9.17, 15) is 72.3 Å². The summed E-state index contributed by atoms with van der Waals surface area (Å²) in [5.41, 5.74) is 9.10. The highest BCUT2D eigenvalue weighted by molar-refractivity contribution is 7.66. The summed E-state index contributed by atoms with van der Waals surface area (Å²) in [6, 6.07) is 0.919. The molecule has 0 bridgehead atoms. The number of aromatic nitrogens is 10. The van der Waals surface area contributed by atoms with Crippen molar-refractivity contribution in [3.8, 4) is 0 Å². The Morgan fingerprint density at radius 3 is 2.14 bits per heavy atom. The van der Waals surface area contributed by atoms with Gasteiger partial charge in [0.2, 0.25) is 11.7 Å². The number of nitrogens with one attached hydrogen (secondary N) is 3. The molecule has 3 fully saturated rings. The van der Waals surface area contributed by atoms with Gasteiger partial charge in [0, 0.05) is 25.9 Å². The number of nitrogen functional groups attached to an aromatic ring is 2. The van der Waals surface area contributed by atoms with E-state index in [2.05, 4.69) is 38.9 Å². The van der Waals surface area contributed by atoms with E-state index in [1.807, 2.05) is 4.98 Å². The number of amides is 1. The zero-order chi connectivity index (χ0) is 57.5. The fourth-order valence-corrected chi connectivity index (χ4v) is 13.0. The first-order valence-corrected chi connectivity index (χ1v) is 28.9. The lowest BCUT2D eigenvalue weighted by Crippen LogP contribution is -2.46. The molecule has 3 aliphatic heterocycles. The molecule has 5 aromatic heterocycles. The number of rotatable bonds is 23. The third kappa shape index (κ3) is 13.4. The molecule has 0 radical (unpaired) electrons. The number of aliphatic hydroxyl groups excluding tert-OH is 3. The molecular formula is C36H52N13O26P4+. The summed E-state index contributed by atoms with van der Waals surface area (Å²) in [6.07, 6.45) is -14.5. The highest BCUT2D eigenvalue weighted by Gasteiger charge is 2.54. The van der Waals surface area contributed by atoms with Gasteiger partial charge in [0.15, 0.2) is 30.2 Å². The maximum Gasteiger partial charge on any atom is 0.490 e. The molecule has 43 heteroatoms. The van der Waals surface area contributed by atoms with Gasteiger partial charge in [0.1, 0.15) is 61.2 Å². The molecule has 16 atom stereocenters. The standard InChI is InChI=1S/C36H51N13O26P4/c1-4-6-39-36(56)66-8-15-16(70-31(22(15)51)49-14-46(2)21-29(49)44-34(38)45-30(21)54)9-68-77(59,60)74-79(63,64)75-78(61,62)69-11-18-25(26(65-3)33(72-18)48-13-42-20-27(37)40-12-41-28(20)48)73-76(57,58)67-10-17-23(52)24(53)32(71-17)47-7-5-19(50)43-35(47)55/h5,7,12-18,22-26,31-33,51-53H,4,6,8-11H2,1-3H3,(H10-,37,38,39,40,41,43,44,45,50,54,55,56,57,58,59,60,61,62,63,64)/p+1/t15-,16-,17-,18-,22-,23-,24-,25-,26-,31-,32-,33-/m1/s1. The maximum atomic E-state index is 13.6. The molecule has 0 aromatic carbocycles. The number of phosphoric ester groups is 3. The minimum atomic E-state index is -6.25. The van der Waals surface area contributed by atoms with E-state index in [1.165, 1.54) is 27.1 Å². The van der Waals surface area contributed by atoms with Gasteiger partial charge in [0.25, 0.3) is 17.1 Å². The second-order valence-electron chi connectivity index (χ2n) is 17.4. The molecule has 0 saturated carbocycles. The number of carbonyl (C=O) groups is 1. The Morgan fingerprint density at radius 1 is 0.810 bits per heavy atom. The van der Waals surface area contributed by atoms with Gasteiger partial charge in [-0.3, -0.25) is 51.4 Å². The summed E-state index contributed by atoms with van der Waals surface area (Å²) in [7, 11) is -21.1. The Kier molecular flexibility index (Phi) is 17.9. The van der Waals surface area contributed by atoms with Crippen LogP contribution >= 0.6 is 31.3 Å². The first-order chi connectivity index (χ1) is 37.1. The van der Waals surface area contributed by atoms with E-state index >= 15 is 0 Å². The smallest absolute Gasteiger partial charge is 0.449 e. The molecule has 3 saturated heterocycles. The lowest BCUT2D eigenvalue weighted by molar-refractivity contribution is -0.745. The molecule has 4 unspecified atom stereocenters. The monoisotopic (exact) mass is 1210 g/mol. The lowest BCUT2D eigenvalue weighted by atomic mass is 9.99. The van der Waals surface area contributed by atoms with Crippen molar-refractivity contribution in [3.63, 3.8) is 0 Å². The van der Waals surface area contributed by atoms with Crippen molar-refractivity contribution in [2.75, 3.05) is 51.5 Å². The second kappa shape index (κ2) is 23.6. The number of anilines is 2. The second-order valence-corrected chi connectivity index (χ2v) is 23.4. The molecule has 79 heavy (non-hydrogen) atoms. The third-order valence-corrected chi connectivity index (χ3v) is 17.3. The maximum absolute atomic E-state index is 13.6. The van der Waals surface area contributed by atoms with Gasteiger partial charge in [-0.1, -0.05) is 11.9 Å². The third-order valence-electron chi connectivity index (χ3n) is 12.1. The molecule has 0 aliphatic carbocycles. The summed E-state index contributed by atoms with van der Waals surface area (Å²) in [5.74, 6) is -1.72. The van der Waals surface area contributed by atoms with Gasteiger partial charge >= 0.3 is 48.7 Å². The fourth-order valence-electron chi connectivity index (χ4n) is 8.53. The molecule has 1 amide bonds. The number of phosphoric acid groups is 4. The van der Waals surface area contributed by atoms with Crippen molar-refractivity contribution in [1.82, 2.24) is 48.9 Å². The molecule has 0 spiro atoms. The number of methoxy groups -OCH3 is 1. The molecule has 39 nitrogen and oxygen atoms in total. The van der Waals surface area contributed by atoms with Gasteiger partial charge in [-0.25, -0.2) is 47.4 Å². The van der Waals surface area contributed by atoms with Crippen LogP contribution in [0, 0.1) is 5.92 Å². The first kappa shape index (κ1) is 59.8. The van der Waals surface area contributed by atoms with Crippen LogP contribution in [-0.4, -0.2) is 174 Å². The van der Waals surface area contributed by atoms with Crippen molar-refractivity contribution in [3.05, 3.63) is 62.4 Å². The predicted molar refractivity (Wildman–Crippen MR) is 255 cm³/mol. The van der Waals surface area contributed by atoms with Crippen LogP contribution in [0.5, 0.6) is 0 Å². The van der Waals surface area contributed by atoms with Crippen LogP contribution in [-0.2, 0) is 75.7 Å².